The quantitative estimate of drug-likeness (QED) is 0.811. The molecule has 0 saturated heterocycles. The number of sulfonamides is 1. The molecule has 1 rings (SSSR count). The lowest BCUT2D eigenvalue weighted by atomic mass is 10.3. The first-order valence-corrected chi connectivity index (χ1v) is 7.11. The molecule has 0 aliphatic rings. The van der Waals surface area contributed by atoms with Crippen molar-refractivity contribution in [2.24, 2.45) is 0 Å². The summed E-state index contributed by atoms with van der Waals surface area (Å²) < 4.78 is 88.3. The highest BCUT2D eigenvalue weighted by atomic mass is 35.5. The molecule has 124 valence electrons. The van der Waals surface area contributed by atoms with Crippen LogP contribution in [0.25, 0.3) is 0 Å². The monoisotopic (exact) mass is 367 g/mol. The van der Waals surface area contributed by atoms with Crippen molar-refractivity contribution in [2.75, 3.05) is 6.61 Å². The molecule has 1 amide bonds. The van der Waals surface area contributed by atoms with Gasteiger partial charge in [-0.1, -0.05) is 11.6 Å². The summed E-state index contributed by atoms with van der Waals surface area (Å²) in [5.74, 6) is -1.67. The Morgan fingerprint density at radius 1 is 1.14 bits per heavy atom. The largest absolute Gasteiger partial charge is 0.484 e. The number of benzene rings is 1. The zero-order valence-electron chi connectivity index (χ0n) is 10.3. The van der Waals surface area contributed by atoms with E-state index in [2.05, 4.69) is 0 Å². The van der Waals surface area contributed by atoms with Crippen molar-refractivity contribution in [3.05, 3.63) is 29.3 Å². The molecular weight excluding hydrogens is 361 g/mol. The van der Waals surface area contributed by atoms with E-state index in [1.54, 1.807) is 0 Å². The normalized spacial score (nSPS) is 12.8. The van der Waals surface area contributed by atoms with E-state index in [1.807, 2.05) is 0 Å². The molecule has 0 saturated carbocycles. The maximum absolute atomic E-state index is 12.7. The lowest BCUT2D eigenvalue weighted by Gasteiger charge is -2.19. The molecular formula is C10H7ClF5NO4S. The molecule has 22 heavy (non-hydrogen) atoms. The van der Waals surface area contributed by atoms with Crippen LogP contribution in [0.3, 0.4) is 0 Å². The molecule has 0 heterocycles. The van der Waals surface area contributed by atoms with Gasteiger partial charge in [0.1, 0.15) is 5.75 Å². The Hall–Kier alpha value is -1.62. The number of carbonyl (C=O) groups excluding carboxylic acids is 1. The van der Waals surface area contributed by atoms with E-state index in [1.165, 1.54) is 24.3 Å². The van der Waals surface area contributed by atoms with E-state index in [0.717, 1.165) is 0 Å². The van der Waals surface area contributed by atoms with Crippen LogP contribution < -0.4 is 9.46 Å². The van der Waals surface area contributed by atoms with Crippen molar-refractivity contribution in [3.8, 4) is 5.75 Å². The summed E-state index contributed by atoms with van der Waals surface area (Å²) in [5.41, 5.74) is 0. The van der Waals surface area contributed by atoms with Crippen LogP contribution >= 0.6 is 11.6 Å². The van der Waals surface area contributed by atoms with E-state index in [9.17, 15) is 35.2 Å². The predicted octanol–water partition coefficient (Wildman–Crippen LogP) is 2.32. The van der Waals surface area contributed by atoms with E-state index in [4.69, 9.17) is 16.3 Å². The van der Waals surface area contributed by atoms with Crippen molar-refractivity contribution in [2.45, 2.75) is 11.4 Å². The third kappa shape index (κ3) is 4.19. The van der Waals surface area contributed by atoms with Gasteiger partial charge in [-0.05, 0) is 24.3 Å². The topological polar surface area (TPSA) is 72.5 Å². The predicted molar refractivity (Wildman–Crippen MR) is 65.0 cm³/mol. The van der Waals surface area contributed by atoms with Crippen molar-refractivity contribution < 1.29 is 39.9 Å². The standard InChI is InChI=1S/C10H7ClF5NO4S/c11-6-1-3-7(4-2-6)21-5-8(18)17-22(19,20)10(15,16)9(12,13)14/h1-4H,5H2,(H,17,18). The summed E-state index contributed by atoms with van der Waals surface area (Å²) in [7, 11) is -6.29. The minimum Gasteiger partial charge on any atom is -0.484 e. The molecule has 1 N–H and O–H groups in total. The number of hydrogen-bond donors (Lipinski definition) is 1. The second kappa shape index (κ2) is 6.24. The molecule has 0 spiro atoms. The number of halogens is 6. The number of nitrogens with one attached hydrogen (secondary N) is 1. The highest BCUT2D eigenvalue weighted by Crippen LogP contribution is 2.39. The van der Waals surface area contributed by atoms with Crippen LogP contribution in [0, 0.1) is 0 Å². The molecule has 1 aromatic rings. The molecule has 1 aromatic carbocycles. The van der Waals surface area contributed by atoms with Crippen molar-refractivity contribution in [1.82, 2.24) is 4.72 Å². The third-order valence-corrected chi connectivity index (χ3v) is 3.75. The van der Waals surface area contributed by atoms with Gasteiger partial charge in [-0.3, -0.25) is 4.79 Å². The minimum absolute atomic E-state index is 0.0273. The number of ether oxygens (including phenoxy) is 1. The van der Waals surface area contributed by atoms with Crippen LogP contribution in [-0.4, -0.2) is 32.4 Å². The molecule has 0 fully saturated rings. The fourth-order valence-electron chi connectivity index (χ4n) is 1.08. The molecule has 0 aliphatic heterocycles. The van der Waals surface area contributed by atoms with E-state index in [0.29, 0.717) is 9.74 Å². The van der Waals surface area contributed by atoms with Crippen molar-refractivity contribution in [3.63, 3.8) is 0 Å². The van der Waals surface area contributed by atoms with Crippen LogP contribution in [-0.2, 0) is 14.8 Å². The number of carbonyl (C=O) groups is 1. The molecule has 0 aliphatic carbocycles. The van der Waals surface area contributed by atoms with Gasteiger partial charge in [-0.2, -0.15) is 30.4 Å². The average Bonchev–Trinajstić information content (AvgIpc) is 2.36. The Bertz CT molecular complexity index is 644. The Morgan fingerprint density at radius 3 is 2.09 bits per heavy atom. The van der Waals surface area contributed by atoms with Crippen LogP contribution in [0.4, 0.5) is 22.0 Å². The summed E-state index contributed by atoms with van der Waals surface area (Å²) in [4.78, 5) is 11.1. The van der Waals surface area contributed by atoms with Gasteiger partial charge in [0.15, 0.2) is 6.61 Å². The van der Waals surface area contributed by atoms with Gasteiger partial charge in [0.05, 0.1) is 0 Å². The maximum atomic E-state index is 12.7. The summed E-state index contributed by atoms with van der Waals surface area (Å²) in [6, 6.07) is 5.25. The Kier molecular flexibility index (Phi) is 5.23. The number of rotatable bonds is 5. The summed E-state index contributed by atoms with van der Waals surface area (Å²) >= 11 is 5.55. The van der Waals surface area contributed by atoms with Crippen LogP contribution in [0.1, 0.15) is 0 Å². The molecule has 0 unspecified atom stereocenters. The van der Waals surface area contributed by atoms with Crippen molar-refractivity contribution in [1.29, 1.82) is 0 Å². The zero-order chi connectivity index (χ0) is 17.2. The van der Waals surface area contributed by atoms with E-state index < -0.39 is 34.0 Å². The highest BCUT2D eigenvalue weighted by molar-refractivity contribution is 7.91. The van der Waals surface area contributed by atoms with Crippen molar-refractivity contribution >= 4 is 27.5 Å². The SMILES string of the molecule is O=C(COc1ccc(Cl)cc1)NS(=O)(=O)C(F)(F)C(F)(F)F. The van der Waals surface area contributed by atoms with E-state index >= 15 is 0 Å². The van der Waals surface area contributed by atoms with E-state index in [-0.39, 0.29) is 5.75 Å². The fraction of sp³-hybridized carbons (Fsp3) is 0.300. The molecule has 0 bridgehead atoms. The first kappa shape index (κ1) is 18.4. The summed E-state index contributed by atoms with van der Waals surface area (Å²) in [6.07, 6.45) is -6.36. The van der Waals surface area contributed by atoms with Gasteiger partial charge < -0.3 is 4.74 Å². The van der Waals surface area contributed by atoms with Gasteiger partial charge in [0, 0.05) is 5.02 Å². The molecule has 5 nitrogen and oxygen atoms in total. The lowest BCUT2D eigenvalue weighted by Crippen LogP contribution is -2.52. The first-order chi connectivity index (χ1) is 9.87. The Morgan fingerprint density at radius 2 is 1.64 bits per heavy atom. The lowest BCUT2D eigenvalue weighted by molar-refractivity contribution is -0.241. The van der Waals surface area contributed by atoms with Crippen LogP contribution in [0.15, 0.2) is 24.3 Å². The van der Waals surface area contributed by atoms with Gasteiger partial charge in [-0.25, -0.2) is 4.72 Å². The van der Waals surface area contributed by atoms with Crippen LogP contribution in [0.5, 0.6) is 5.75 Å². The summed E-state index contributed by atoms with van der Waals surface area (Å²) in [5, 5.41) is -5.79. The molecule has 12 heteroatoms. The Balaban J connectivity index is 2.70. The molecule has 0 radical (unpaired) electrons. The smallest absolute Gasteiger partial charge is 0.471 e. The minimum atomic E-state index is -6.36. The second-order valence-electron chi connectivity index (χ2n) is 3.79. The Labute approximate surface area is 126 Å². The fourth-order valence-corrected chi connectivity index (χ4v) is 1.99. The van der Waals surface area contributed by atoms with Crippen LogP contribution in [0.2, 0.25) is 5.02 Å². The second-order valence-corrected chi connectivity index (χ2v) is 5.95. The number of amides is 1. The third-order valence-electron chi connectivity index (χ3n) is 2.10. The molecule has 0 atom stereocenters. The van der Waals surface area contributed by atoms with Gasteiger partial charge in [0.2, 0.25) is 0 Å². The van der Waals surface area contributed by atoms with Gasteiger partial charge in [0.25, 0.3) is 5.91 Å². The number of hydrogen-bond acceptors (Lipinski definition) is 4. The summed E-state index contributed by atoms with van der Waals surface area (Å²) in [6.45, 7) is -1.09. The average molecular weight is 368 g/mol. The highest BCUT2D eigenvalue weighted by Gasteiger charge is 2.68. The number of alkyl halides is 5. The maximum Gasteiger partial charge on any atom is 0.471 e. The van der Waals surface area contributed by atoms with Gasteiger partial charge >= 0.3 is 21.5 Å². The first-order valence-electron chi connectivity index (χ1n) is 5.25. The zero-order valence-corrected chi connectivity index (χ0v) is 11.9. The molecule has 0 aromatic heterocycles. The van der Waals surface area contributed by atoms with Gasteiger partial charge in [-0.15, -0.1) is 0 Å².